The molecule has 0 aliphatic carbocycles. The van der Waals surface area contributed by atoms with E-state index < -0.39 is 11.6 Å². The summed E-state index contributed by atoms with van der Waals surface area (Å²) in [6.45, 7) is 6.26. The molecule has 0 bridgehead atoms. The van der Waals surface area contributed by atoms with Crippen molar-refractivity contribution in [2.45, 2.75) is 45.8 Å². The van der Waals surface area contributed by atoms with Gasteiger partial charge in [-0.1, -0.05) is 6.07 Å². The summed E-state index contributed by atoms with van der Waals surface area (Å²) in [5.74, 6) is -0.102. The van der Waals surface area contributed by atoms with E-state index in [-0.39, 0.29) is 18.3 Å². The molecule has 146 valence electrons. The van der Waals surface area contributed by atoms with Crippen molar-refractivity contribution in [1.82, 2.24) is 4.90 Å². The molecule has 1 aromatic carbocycles. The quantitative estimate of drug-likeness (QED) is 0.562. The number of aliphatic hydroxyl groups is 1. The number of unbranched alkanes of at least 4 members (excludes halogenated alkanes) is 1. The number of benzene rings is 1. The molecule has 1 N–H and O–H groups in total. The van der Waals surface area contributed by atoms with Gasteiger partial charge in [-0.15, -0.1) is 0 Å². The molecule has 0 aliphatic heterocycles. The number of carbonyl (C=O) groups excluding carboxylic acids is 2. The number of esters is 1. The number of nitrogens with zero attached hydrogens (tertiary/aromatic N) is 1. The summed E-state index contributed by atoms with van der Waals surface area (Å²) in [5.41, 5.74) is 0.376. The molecule has 0 aromatic heterocycles. The molecular weight excluding hydrogens is 338 g/mol. The van der Waals surface area contributed by atoms with Gasteiger partial charge < -0.3 is 24.2 Å². The lowest BCUT2D eigenvalue weighted by Crippen LogP contribution is -2.34. The number of carbonyl (C=O) groups is 2. The maximum atomic E-state index is 11.9. The van der Waals surface area contributed by atoms with Gasteiger partial charge in [-0.25, -0.2) is 9.59 Å². The van der Waals surface area contributed by atoms with Crippen LogP contribution in [0, 0.1) is 0 Å². The molecule has 0 saturated heterocycles. The van der Waals surface area contributed by atoms with E-state index in [1.54, 1.807) is 25.2 Å². The molecule has 0 fully saturated rings. The lowest BCUT2D eigenvalue weighted by Gasteiger charge is -2.24. The second-order valence-corrected chi connectivity index (χ2v) is 6.94. The first-order valence-electron chi connectivity index (χ1n) is 8.57. The average Bonchev–Trinajstić information content (AvgIpc) is 2.59. The summed E-state index contributed by atoms with van der Waals surface area (Å²) < 4.78 is 15.7. The zero-order chi connectivity index (χ0) is 19.7. The van der Waals surface area contributed by atoms with Crippen molar-refractivity contribution in [2.75, 3.05) is 27.3 Å². The largest absolute Gasteiger partial charge is 0.493 e. The van der Waals surface area contributed by atoms with E-state index in [2.05, 4.69) is 0 Å². The van der Waals surface area contributed by atoms with Gasteiger partial charge in [-0.05, 0) is 51.3 Å². The summed E-state index contributed by atoms with van der Waals surface area (Å²) in [5, 5.41) is 9.19. The van der Waals surface area contributed by atoms with Crippen LogP contribution in [-0.2, 0) is 16.1 Å². The van der Waals surface area contributed by atoms with Crippen molar-refractivity contribution in [3.8, 4) is 5.75 Å². The first kappa shape index (κ1) is 21.8. The van der Waals surface area contributed by atoms with Crippen LogP contribution in [0.25, 0.3) is 0 Å². The molecule has 0 aliphatic rings. The minimum Gasteiger partial charge on any atom is -0.493 e. The molecule has 1 rings (SSSR count). The Morgan fingerprint density at radius 1 is 1.19 bits per heavy atom. The number of ether oxygens (including phenoxy) is 3. The van der Waals surface area contributed by atoms with E-state index in [9.17, 15) is 14.7 Å². The molecule has 0 saturated carbocycles. The molecule has 0 radical (unpaired) electrons. The second kappa shape index (κ2) is 10.0. The van der Waals surface area contributed by atoms with Crippen LogP contribution in [-0.4, -0.2) is 55.0 Å². The first-order chi connectivity index (χ1) is 12.2. The van der Waals surface area contributed by atoms with Crippen molar-refractivity contribution in [1.29, 1.82) is 0 Å². The van der Waals surface area contributed by atoms with Crippen molar-refractivity contribution in [3.63, 3.8) is 0 Å². The average molecular weight is 367 g/mol. The number of amides is 1. The Morgan fingerprint density at radius 2 is 1.88 bits per heavy atom. The summed E-state index contributed by atoms with van der Waals surface area (Å²) in [6.07, 6.45) is 1.08. The van der Waals surface area contributed by atoms with Crippen LogP contribution < -0.4 is 4.74 Å². The molecular formula is C19H29NO6. The Bertz CT molecular complexity index is 609. The molecule has 0 spiro atoms. The van der Waals surface area contributed by atoms with E-state index in [1.165, 1.54) is 12.0 Å². The minimum atomic E-state index is -0.514. The Morgan fingerprint density at radius 3 is 2.46 bits per heavy atom. The lowest BCUT2D eigenvalue weighted by molar-refractivity contribution is 0.0294. The predicted octanol–water partition coefficient (Wildman–Crippen LogP) is 2.99. The summed E-state index contributed by atoms with van der Waals surface area (Å²) in [7, 11) is 2.99. The zero-order valence-electron chi connectivity index (χ0n) is 16.2. The van der Waals surface area contributed by atoms with E-state index in [0.717, 1.165) is 6.42 Å². The van der Waals surface area contributed by atoms with E-state index in [4.69, 9.17) is 14.2 Å². The normalized spacial score (nSPS) is 11.0. The Balaban J connectivity index is 2.46. The smallest absolute Gasteiger partial charge is 0.410 e. The van der Waals surface area contributed by atoms with Crippen molar-refractivity contribution >= 4 is 12.1 Å². The number of methoxy groups -OCH3 is 1. The lowest BCUT2D eigenvalue weighted by atomic mass is 10.1. The van der Waals surface area contributed by atoms with Gasteiger partial charge in [0.25, 0.3) is 0 Å². The maximum absolute atomic E-state index is 11.9. The summed E-state index contributed by atoms with van der Waals surface area (Å²) >= 11 is 0. The van der Waals surface area contributed by atoms with Gasteiger partial charge in [-0.3, -0.25) is 0 Å². The fourth-order valence-electron chi connectivity index (χ4n) is 2.14. The minimum absolute atomic E-state index is 0.165. The Labute approximate surface area is 154 Å². The van der Waals surface area contributed by atoms with Crippen molar-refractivity contribution in [2.24, 2.45) is 0 Å². The Hall–Kier alpha value is -2.28. The summed E-state index contributed by atoms with van der Waals surface area (Å²) in [6, 6.07) is 4.89. The maximum Gasteiger partial charge on any atom is 0.410 e. The number of hydrogen-bond donors (Lipinski definition) is 1. The number of hydrogen-bond acceptors (Lipinski definition) is 6. The highest BCUT2D eigenvalue weighted by molar-refractivity contribution is 5.92. The molecule has 1 aromatic rings. The summed E-state index contributed by atoms with van der Waals surface area (Å²) in [4.78, 5) is 25.2. The third kappa shape index (κ3) is 7.31. The van der Waals surface area contributed by atoms with Gasteiger partial charge in [0.05, 0.1) is 20.3 Å². The highest BCUT2D eigenvalue weighted by atomic mass is 16.6. The third-order valence-electron chi connectivity index (χ3n) is 3.48. The SMILES string of the molecule is COC(=O)c1cc(CO)ccc1OCCCCN(C)C(=O)OC(C)(C)C. The molecule has 1 amide bonds. The van der Waals surface area contributed by atoms with Crippen LogP contribution in [0.1, 0.15) is 49.5 Å². The molecule has 26 heavy (non-hydrogen) atoms. The topological polar surface area (TPSA) is 85.3 Å². The van der Waals surface area contributed by atoms with Gasteiger partial charge in [0, 0.05) is 13.6 Å². The van der Waals surface area contributed by atoms with Crippen LogP contribution in [0.3, 0.4) is 0 Å². The molecule has 0 atom stereocenters. The van der Waals surface area contributed by atoms with Gasteiger partial charge in [-0.2, -0.15) is 0 Å². The van der Waals surface area contributed by atoms with E-state index in [0.29, 0.717) is 30.9 Å². The zero-order valence-corrected chi connectivity index (χ0v) is 16.2. The number of rotatable bonds is 8. The third-order valence-corrected chi connectivity index (χ3v) is 3.48. The standard InChI is InChI=1S/C19H29NO6/c1-19(2,3)26-18(23)20(4)10-6-7-11-25-16-9-8-14(13-21)12-15(16)17(22)24-5/h8-9,12,21H,6-7,10-11,13H2,1-5H3. The molecule has 0 unspecified atom stereocenters. The van der Waals surface area contributed by atoms with Crippen LogP contribution in [0.4, 0.5) is 4.79 Å². The van der Waals surface area contributed by atoms with Crippen LogP contribution >= 0.6 is 0 Å². The van der Waals surface area contributed by atoms with Crippen molar-refractivity contribution in [3.05, 3.63) is 29.3 Å². The van der Waals surface area contributed by atoms with Gasteiger partial charge in [0.1, 0.15) is 16.9 Å². The van der Waals surface area contributed by atoms with Gasteiger partial charge >= 0.3 is 12.1 Å². The fourth-order valence-corrected chi connectivity index (χ4v) is 2.14. The highest BCUT2D eigenvalue weighted by Crippen LogP contribution is 2.21. The van der Waals surface area contributed by atoms with Gasteiger partial charge in [0.2, 0.25) is 0 Å². The first-order valence-corrected chi connectivity index (χ1v) is 8.57. The van der Waals surface area contributed by atoms with Crippen LogP contribution in [0.2, 0.25) is 0 Å². The van der Waals surface area contributed by atoms with Crippen LogP contribution in [0.5, 0.6) is 5.75 Å². The molecule has 7 heteroatoms. The highest BCUT2D eigenvalue weighted by Gasteiger charge is 2.19. The molecule has 0 heterocycles. The molecule has 7 nitrogen and oxygen atoms in total. The van der Waals surface area contributed by atoms with Crippen LogP contribution in [0.15, 0.2) is 18.2 Å². The fraction of sp³-hybridized carbons (Fsp3) is 0.579. The Kier molecular flexibility index (Phi) is 8.38. The number of aliphatic hydroxyl groups excluding tert-OH is 1. The predicted molar refractivity (Wildman–Crippen MR) is 97.3 cm³/mol. The van der Waals surface area contributed by atoms with Crippen molar-refractivity contribution < 1.29 is 28.9 Å². The second-order valence-electron chi connectivity index (χ2n) is 6.94. The van der Waals surface area contributed by atoms with Gasteiger partial charge in [0.15, 0.2) is 0 Å². The van der Waals surface area contributed by atoms with E-state index >= 15 is 0 Å². The monoisotopic (exact) mass is 367 g/mol. The van der Waals surface area contributed by atoms with E-state index in [1.807, 2.05) is 20.8 Å².